The number of aromatic nitrogens is 3. The van der Waals surface area contributed by atoms with Crippen LogP contribution in [0.3, 0.4) is 0 Å². The summed E-state index contributed by atoms with van der Waals surface area (Å²) in [5.41, 5.74) is 1.03. The van der Waals surface area contributed by atoms with Gasteiger partial charge in [0.15, 0.2) is 12.4 Å². The molecule has 1 aromatic heterocycles. The Morgan fingerprint density at radius 1 is 0.885 bits per heavy atom. The Labute approximate surface area is 145 Å². The first-order chi connectivity index (χ1) is 12.4. The minimum atomic E-state index is -4.52. The molecule has 9 heteroatoms. The third-order valence-corrected chi connectivity index (χ3v) is 3.11. The summed E-state index contributed by atoms with van der Waals surface area (Å²) < 4.78 is 54.8. The maximum absolute atomic E-state index is 13.0. The van der Waals surface area contributed by atoms with Gasteiger partial charge in [-0.2, -0.15) is 28.1 Å². The Morgan fingerprint density at radius 2 is 1.58 bits per heavy atom. The first-order valence-electron chi connectivity index (χ1n) is 7.43. The zero-order valence-corrected chi connectivity index (χ0v) is 13.2. The molecular weight excluding hydrogens is 352 g/mol. The second kappa shape index (κ2) is 7.34. The van der Waals surface area contributed by atoms with E-state index in [-0.39, 0.29) is 11.8 Å². The van der Waals surface area contributed by atoms with Gasteiger partial charge in [0.1, 0.15) is 5.82 Å². The predicted molar refractivity (Wildman–Crippen MR) is 86.5 cm³/mol. The van der Waals surface area contributed by atoms with Gasteiger partial charge in [0.2, 0.25) is 5.95 Å². The first kappa shape index (κ1) is 17.6. The van der Waals surface area contributed by atoms with E-state index < -0.39 is 24.6 Å². The third-order valence-electron chi connectivity index (χ3n) is 3.11. The Morgan fingerprint density at radius 3 is 2.23 bits per heavy atom. The molecule has 0 atom stereocenters. The SMILES string of the molecule is Fc1ccc(Nc2nc(OCC(F)(F)F)nc(-c3ccccc3)n2)cc1. The summed E-state index contributed by atoms with van der Waals surface area (Å²) >= 11 is 0. The molecule has 3 aromatic rings. The highest BCUT2D eigenvalue weighted by Crippen LogP contribution is 2.22. The van der Waals surface area contributed by atoms with Gasteiger partial charge >= 0.3 is 12.2 Å². The van der Waals surface area contributed by atoms with Crippen LogP contribution in [0.15, 0.2) is 54.6 Å². The summed E-state index contributed by atoms with van der Waals surface area (Å²) in [6.45, 7) is -1.53. The molecule has 0 aliphatic rings. The number of nitrogens with zero attached hydrogens (tertiary/aromatic N) is 3. The molecule has 0 saturated heterocycles. The molecule has 1 heterocycles. The van der Waals surface area contributed by atoms with Gasteiger partial charge in [-0.1, -0.05) is 30.3 Å². The lowest BCUT2D eigenvalue weighted by molar-refractivity contribution is -0.154. The lowest BCUT2D eigenvalue weighted by Gasteiger charge is -2.11. The van der Waals surface area contributed by atoms with Crippen LogP contribution in [-0.2, 0) is 0 Å². The quantitative estimate of drug-likeness (QED) is 0.682. The van der Waals surface area contributed by atoms with Crippen molar-refractivity contribution in [2.24, 2.45) is 0 Å². The summed E-state index contributed by atoms with van der Waals surface area (Å²) in [7, 11) is 0. The van der Waals surface area contributed by atoms with E-state index in [4.69, 9.17) is 0 Å². The zero-order chi connectivity index (χ0) is 18.6. The van der Waals surface area contributed by atoms with Crippen molar-refractivity contribution < 1.29 is 22.3 Å². The maximum atomic E-state index is 13.0. The second-order valence-electron chi connectivity index (χ2n) is 5.17. The molecule has 0 amide bonds. The number of halogens is 4. The fourth-order valence-electron chi connectivity index (χ4n) is 2.00. The van der Waals surface area contributed by atoms with Crippen LogP contribution in [0, 0.1) is 5.82 Å². The number of hydrogen-bond acceptors (Lipinski definition) is 5. The summed E-state index contributed by atoms with van der Waals surface area (Å²) in [5.74, 6) is -0.310. The molecule has 0 radical (unpaired) electrons. The molecule has 0 aliphatic heterocycles. The van der Waals surface area contributed by atoms with E-state index >= 15 is 0 Å². The fourth-order valence-corrected chi connectivity index (χ4v) is 2.00. The number of hydrogen-bond donors (Lipinski definition) is 1. The number of rotatable bonds is 5. The van der Waals surface area contributed by atoms with Crippen molar-refractivity contribution in [3.8, 4) is 17.4 Å². The normalized spacial score (nSPS) is 11.2. The summed E-state index contributed by atoms with van der Waals surface area (Å²) in [5, 5.41) is 2.79. The number of ether oxygens (including phenoxy) is 1. The number of anilines is 2. The first-order valence-corrected chi connectivity index (χ1v) is 7.43. The third kappa shape index (κ3) is 4.88. The van der Waals surface area contributed by atoms with Crippen molar-refractivity contribution in [1.82, 2.24) is 15.0 Å². The van der Waals surface area contributed by atoms with Gasteiger partial charge in [-0.15, -0.1) is 0 Å². The minimum absolute atomic E-state index is 0.0253. The highest BCUT2D eigenvalue weighted by molar-refractivity contribution is 5.59. The highest BCUT2D eigenvalue weighted by atomic mass is 19.4. The summed E-state index contributed by atoms with van der Waals surface area (Å²) in [4.78, 5) is 11.9. The van der Waals surface area contributed by atoms with Crippen LogP contribution in [0.2, 0.25) is 0 Å². The van der Waals surface area contributed by atoms with Gasteiger partial charge in [-0.25, -0.2) is 4.39 Å². The predicted octanol–water partition coefficient (Wildman–Crippen LogP) is 4.36. The summed E-state index contributed by atoms with van der Waals surface area (Å²) in [6, 6.07) is 13.5. The number of benzene rings is 2. The molecule has 0 fully saturated rings. The van der Waals surface area contributed by atoms with E-state index in [1.807, 2.05) is 0 Å². The Hall–Kier alpha value is -3.23. The lowest BCUT2D eigenvalue weighted by Crippen LogP contribution is -2.20. The van der Waals surface area contributed by atoms with Crippen LogP contribution in [0.4, 0.5) is 29.2 Å². The Balaban J connectivity index is 1.92. The number of alkyl halides is 3. The molecule has 0 unspecified atom stereocenters. The van der Waals surface area contributed by atoms with E-state index in [2.05, 4.69) is 25.0 Å². The van der Waals surface area contributed by atoms with Crippen molar-refractivity contribution in [1.29, 1.82) is 0 Å². The van der Waals surface area contributed by atoms with Crippen molar-refractivity contribution in [2.75, 3.05) is 11.9 Å². The molecule has 2 aromatic carbocycles. The Kier molecular flexibility index (Phi) is 4.97. The molecular formula is C17H12F4N4O. The van der Waals surface area contributed by atoms with Gasteiger partial charge in [0, 0.05) is 11.3 Å². The van der Waals surface area contributed by atoms with Crippen LogP contribution >= 0.6 is 0 Å². The second-order valence-corrected chi connectivity index (χ2v) is 5.17. The maximum Gasteiger partial charge on any atom is 0.422 e. The van der Waals surface area contributed by atoms with Crippen LogP contribution in [-0.4, -0.2) is 27.7 Å². The van der Waals surface area contributed by atoms with Crippen LogP contribution in [0.25, 0.3) is 11.4 Å². The van der Waals surface area contributed by atoms with Gasteiger partial charge in [0.05, 0.1) is 0 Å². The van der Waals surface area contributed by atoms with E-state index in [0.29, 0.717) is 11.3 Å². The lowest BCUT2D eigenvalue weighted by atomic mass is 10.2. The average Bonchev–Trinajstić information content (AvgIpc) is 2.62. The molecule has 3 rings (SSSR count). The van der Waals surface area contributed by atoms with E-state index in [1.165, 1.54) is 24.3 Å². The smallest absolute Gasteiger partial charge is 0.422 e. The molecule has 0 saturated carbocycles. The molecule has 134 valence electrons. The van der Waals surface area contributed by atoms with Crippen molar-refractivity contribution >= 4 is 11.6 Å². The van der Waals surface area contributed by atoms with Gasteiger partial charge in [-0.3, -0.25) is 0 Å². The van der Waals surface area contributed by atoms with E-state index in [9.17, 15) is 17.6 Å². The molecule has 5 nitrogen and oxygen atoms in total. The van der Waals surface area contributed by atoms with Crippen molar-refractivity contribution in [2.45, 2.75) is 6.18 Å². The molecule has 0 spiro atoms. The molecule has 1 N–H and O–H groups in total. The monoisotopic (exact) mass is 364 g/mol. The molecule has 26 heavy (non-hydrogen) atoms. The Bertz CT molecular complexity index is 870. The number of nitrogens with one attached hydrogen (secondary N) is 1. The van der Waals surface area contributed by atoms with Crippen LogP contribution in [0.1, 0.15) is 0 Å². The van der Waals surface area contributed by atoms with Crippen molar-refractivity contribution in [3.05, 3.63) is 60.4 Å². The highest BCUT2D eigenvalue weighted by Gasteiger charge is 2.29. The standard InChI is InChI=1S/C17H12F4N4O/c18-12-6-8-13(9-7-12)22-15-23-14(11-4-2-1-3-5-11)24-16(25-15)26-10-17(19,20)21/h1-9H,10H2,(H,22,23,24,25). The largest absolute Gasteiger partial charge is 0.454 e. The molecule has 0 bridgehead atoms. The van der Waals surface area contributed by atoms with Crippen LogP contribution in [0.5, 0.6) is 6.01 Å². The van der Waals surface area contributed by atoms with E-state index in [0.717, 1.165) is 0 Å². The fraction of sp³-hybridized carbons (Fsp3) is 0.118. The van der Waals surface area contributed by atoms with Gasteiger partial charge in [-0.05, 0) is 24.3 Å². The van der Waals surface area contributed by atoms with Gasteiger partial charge in [0.25, 0.3) is 0 Å². The average molecular weight is 364 g/mol. The summed E-state index contributed by atoms with van der Waals surface area (Å²) in [6.07, 6.45) is -4.52. The zero-order valence-electron chi connectivity index (χ0n) is 13.2. The van der Waals surface area contributed by atoms with E-state index in [1.54, 1.807) is 30.3 Å². The molecule has 0 aliphatic carbocycles. The van der Waals surface area contributed by atoms with Crippen LogP contribution < -0.4 is 10.1 Å². The van der Waals surface area contributed by atoms with Gasteiger partial charge < -0.3 is 10.1 Å². The topological polar surface area (TPSA) is 59.9 Å². The van der Waals surface area contributed by atoms with Crippen molar-refractivity contribution in [3.63, 3.8) is 0 Å². The minimum Gasteiger partial charge on any atom is -0.454 e.